The standard InChI is InChI=1S/C15H22N4/c1-5-10-19(11(2)3)14-12-8-6-7-9-13(12)17-15(16-4)18-14/h6-9,11H,5,10H2,1-4H3,(H,16,17,18). The fourth-order valence-corrected chi connectivity index (χ4v) is 2.24. The normalized spacial score (nSPS) is 11.0. The SMILES string of the molecule is CCCN(c1nc(NC)nc2ccccc12)C(C)C. The van der Waals surface area contributed by atoms with Gasteiger partial charge < -0.3 is 10.2 Å². The van der Waals surface area contributed by atoms with Crippen molar-refractivity contribution in [2.75, 3.05) is 23.8 Å². The maximum absolute atomic E-state index is 4.66. The van der Waals surface area contributed by atoms with Gasteiger partial charge >= 0.3 is 0 Å². The monoisotopic (exact) mass is 258 g/mol. The van der Waals surface area contributed by atoms with Crippen molar-refractivity contribution in [1.82, 2.24) is 9.97 Å². The van der Waals surface area contributed by atoms with Crippen molar-refractivity contribution in [1.29, 1.82) is 0 Å². The highest BCUT2D eigenvalue weighted by molar-refractivity contribution is 5.90. The largest absolute Gasteiger partial charge is 0.357 e. The van der Waals surface area contributed by atoms with Gasteiger partial charge in [0.2, 0.25) is 5.95 Å². The average molecular weight is 258 g/mol. The zero-order chi connectivity index (χ0) is 13.8. The molecule has 0 unspecified atom stereocenters. The highest BCUT2D eigenvalue weighted by atomic mass is 15.2. The van der Waals surface area contributed by atoms with E-state index in [1.165, 1.54) is 0 Å². The molecule has 0 fully saturated rings. The van der Waals surface area contributed by atoms with Crippen LogP contribution in [0, 0.1) is 0 Å². The molecule has 0 atom stereocenters. The molecule has 0 aliphatic carbocycles. The van der Waals surface area contributed by atoms with Gasteiger partial charge in [0.1, 0.15) is 5.82 Å². The number of hydrogen-bond donors (Lipinski definition) is 1. The minimum atomic E-state index is 0.419. The third kappa shape index (κ3) is 2.78. The lowest BCUT2D eigenvalue weighted by molar-refractivity contribution is 0.664. The molecule has 2 aromatic rings. The summed E-state index contributed by atoms with van der Waals surface area (Å²) in [6, 6.07) is 8.60. The first-order valence-electron chi connectivity index (χ1n) is 6.88. The van der Waals surface area contributed by atoms with Crippen molar-refractivity contribution in [3.8, 4) is 0 Å². The molecule has 0 amide bonds. The minimum Gasteiger partial charge on any atom is -0.357 e. The van der Waals surface area contributed by atoms with Crippen LogP contribution in [0.1, 0.15) is 27.2 Å². The summed E-state index contributed by atoms with van der Waals surface area (Å²) in [7, 11) is 1.85. The molecule has 1 aromatic carbocycles. The maximum atomic E-state index is 4.66. The molecule has 19 heavy (non-hydrogen) atoms. The van der Waals surface area contributed by atoms with Crippen LogP contribution in [0.4, 0.5) is 11.8 Å². The van der Waals surface area contributed by atoms with Gasteiger partial charge in [0.05, 0.1) is 5.52 Å². The third-order valence-corrected chi connectivity index (χ3v) is 3.17. The van der Waals surface area contributed by atoms with Crippen LogP contribution in [-0.2, 0) is 0 Å². The number of benzene rings is 1. The molecule has 0 spiro atoms. The maximum Gasteiger partial charge on any atom is 0.224 e. The van der Waals surface area contributed by atoms with Crippen LogP contribution >= 0.6 is 0 Å². The zero-order valence-corrected chi connectivity index (χ0v) is 12.1. The van der Waals surface area contributed by atoms with E-state index in [4.69, 9.17) is 0 Å². The molecule has 2 rings (SSSR count). The Morgan fingerprint density at radius 3 is 2.58 bits per heavy atom. The molecule has 1 heterocycles. The highest BCUT2D eigenvalue weighted by Crippen LogP contribution is 2.26. The van der Waals surface area contributed by atoms with E-state index in [2.05, 4.69) is 47.0 Å². The topological polar surface area (TPSA) is 41.1 Å². The van der Waals surface area contributed by atoms with Crippen molar-refractivity contribution < 1.29 is 0 Å². The summed E-state index contributed by atoms with van der Waals surface area (Å²) < 4.78 is 0. The molecule has 1 N–H and O–H groups in total. The molecule has 4 nitrogen and oxygen atoms in total. The van der Waals surface area contributed by atoms with Gasteiger partial charge in [-0.15, -0.1) is 0 Å². The molecule has 4 heteroatoms. The van der Waals surface area contributed by atoms with Gasteiger partial charge in [0.25, 0.3) is 0 Å². The van der Waals surface area contributed by atoms with Crippen LogP contribution in [-0.4, -0.2) is 29.6 Å². The molecule has 102 valence electrons. The lowest BCUT2D eigenvalue weighted by atomic mass is 10.2. The van der Waals surface area contributed by atoms with Crippen LogP contribution in [0.25, 0.3) is 10.9 Å². The molecule has 0 radical (unpaired) electrons. The fourth-order valence-electron chi connectivity index (χ4n) is 2.24. The van der Waals surface area contributed by atoms with E-state index >= 15 is 0 Å². The van der Waals surface area contributed by atoms with Crippen LogP contribution in [0.3, 0.4) is 0 Å². The number of nitrogens with one attached hydrogen (secondary N) is 1. The second-order valence-electron chi connectivity index (χ2n) is 4.93. The van der Waals surface area contributed by atoms with Gasteiger partial charge in [0, 0.05) is 25.0 Å². The first-order chi connectivity index (χ1) is 9.17. The van der Waals surface area contributed by atoms with Gasteiger partial charge in [-0.05, 0) is 32.4 Å². The predicted molar refractivity (Wildman–Crippen MR) is 81.9 cm³/mol. The molecule has 0 bridgehead atoms. The van der Waals surface area contributed by atoms with Crippen molar-refractivity contribution in [2.45, 2.75) is 33.2 Å². The summed E-state index contributed by atoms with van der Waals surface area (Å²) in [6.45, 7) is 7.59. The number of para-hydroxylation sites is 1. The van der Waals surface area contributed by atoms with Gasteiger partial charge in [-0.3, -0.25) is 0 Å². The van der Waals surface area contributed by atoms with E-state index in [0.717, 1.165) is 29.7 Å². The first-order valence-corrected chi connectivity index (χ1v) is 6.88. The molecule has 0 aliphatic rings. The predicted octanol–water partition coefficient (Wildman–Crippen LogP) is 3.30. The van der Waals surface area contributed by atoms with Crippen LogP contribution in [0.2, 0.25) is 0 Å². The summed E-state index contributed by atoms with van der Waals surface area (Å²) in [5, 5.41) is 4.16. The molecule has 0 saturated heterocycles. The Labute approximate surface area is 114 Å². The van der Waals surface area contributed by atoms with Crippen molar-refractivity contribution >= 4 is 22.7 Å². The average Bonchev–Trinajstić information content (AvgIpc) is 2.43. The van der Waals surface area contributed by atoms with E-state index in [-0.39, 0.29) is 0 Å². The summed E-state index contributed by atoms with van der Waals surface area (Å²) in [6.07, 6.45) is 1.10. The summed E-state index contributed by atoms with van der Waals surface area (Å²) in [4.78, 5) is 11.5. The second kappa shape index (κ2) is 5.87. The van der Waals surface area contributed by atoms with Gasteiger partial charge in [-0.2, -0.15) is 4.98 Å². The fraction of sp³-hybridized carbons (Fsp3) is 0.467. The Hall–Kier alpha value is -1.84. The van der Waals surface area contributed by atoms with E-state index in [0.29, 0.717) is 12.0 Å². The molecular formula is C15H22N4. The Morgan fingerprint density at radius 2 is 1.95 bits per heavy atom. The smallest absolute Gasteiger partial charge is 0.224 e. The molecule has 0 saturated carbocycles. The summed E-state index contributed by atoms with van der Waals surface area (Å²) in [5.74, 6) is 1.70. The third-order valence-electron chi connectivity index (χ3n) is 3.17. The molecule has 0 aliphatic heterocycles. The Morgan fingerprint density at radius 1 is 1.21 bits per heavy atom. The van der Waals surface area contributed by atoms with E-state index in [1.54, 1.807) is 0 Å². The summed E-state index contributed by atoms with van der Waals surface area (Å²) in [5.41, 5.74) is 0.985. The van der Waals surface area contributed by atoms with Crippen molar-refractivity contribution in [3.63, 3.8) is 0 Å². The van der Waals surface area contributed by atoms with Gasteiger partial charge in [-0.1, -0.05) is 19.1 Å². The van der Waals surface area contributed by atoms with Gasteiger partial charge in [0.15, 0.2) is 0 Å². The van der Waals surface area contributed by atoms with Crippen LogP contribution in [0.5, 0.6) is 0 Å². The number of hydrogen-bond acceptors (Lipinski definition) is 4. The quantitative estimate of drug-likeness (QED) is 0.893. The van der Waals surface area contributed by atoms with E-state index in [9.17, 15) is 0 Å². The number of anilines is 2. The van der Waals surface area contributed by atoms with Crippen LogP contribution in [0.15, 0.2) is 24.3 Å². The summed E-state index contributed by atoms with van der Waals surface area (Å²) >= 11 is 0. The Bertz CT molecular complexity index is 551. The molecule has 1 aromatic heterocycles. The number of nitrogens with zero attached hydrogens (tertiary/aromatic N) is 3. The van der Waals surface area contributed by atoms with Crippen molar-refractivity contribution in [3.05, 3.63) is 24.3 Å². The Kier molecular flexibility index (Phi) is 4.20. The lowest BCUT2D eigenvalue weighted by Crippen LogP contribution is -2.32. The van der Waals surface area contributed by atoms with Gasteiger partial charge in [-0.25, -0.2) is 4.98 Å². The van der Waals surface area contributed by atoms with E-state index in [1.807, 2.05) is 25.2 Å². The first kappa shape index (κ1) is 13.6. The molecular weight excluding hydrogens is 236 g/mol. The number of aromatic nitrogens is 2. The second-order valence-corrected chi connectivity index (χ2v) is 4.93. The number of fused-ring (bicyclic) bond motifs is 1. The number of rotatable bonds is 5. The minimum absolute atomic E-state index is 0.419. The Balaban J connectivity index is 2.61. The van der Waals surface area contributed by atoms with Crippen LogP contribution < -0.4 is 10.2 Å². The van der Waals surface area contributed by atoms with Crippen molar-refractivity contribution in [2.24, 2.45) is 0 Å². The lowest BCUT2D eigenvalue weighted by Gasteiger charge is -2.28. The highest BCUT2D eigenvalue weighted by Gasteiger charge is 2.16. The van der Waals surface area contributed by atoms with E-state index < -0.39 is 0 Å². The zero-order valence-electron chi connectivity index (χ0n) is 12.1.